The van der Waals surface area contributed by atoms with Crippen molar-refractivity contribution in [2.24, 2.45) is 5.92 Å². The van der Waals surface area contributed by atoms with Crippen molar-refractivity contribution in [3.8, 4) is 0 Å². The van der Waals surface area contributed by atoms with Gasteiger partial charge in [-0.1, -0.05) is 12.1 Å². The number of hydrogen-bond donors (Lipinski definition) is 2. The molecule has 19 heavy (non-hydrogen) atoms. The van der Waals surface area contributed by atoms with Gasteiger partial charge in [-0.05, 0) is 42.2 Å². The molecule has 0 spiro atoms. The molecule has 1 saturated heterocycles. The maximum atomic E-state index is 11.9. The molecule has 0 aromatic heterocycles. The molecule has 1 aromatic rings. The number of nitrogens with one attached hydrogen (secondary N) is 1. The normalized spacial score (nSPS) is 23.1. The molecule has 1 atom stereocenters. The van der Waals surface area contributed by atoms with Crippen LogP contribution in [0.15, 0.2) is 24.3 Å². The summed E-state index contributed by atoms with van der Waals surface area (Å²) in [6.45, 7) is 1.74. The van der Waals surface area contributed by atoms with Gasteiger partial charge in [0.1, 0.15) is 0 Å². The van der Waals surface area contributed by atoms with Crippen molar-refractivity contribution in [1.82, 2.24) is 5.32 Å². The van der Waals surface area contributed by atoms with E-state index in [0.29, 0.717) is 12.3 Å². The van der Waals surface area contributed by atoms with Gasteiger partial charge in [0.2, 0.25) is 5.91 Å². The number of rotatable bonds is 5. The number of nitrogens with zero attached hydrogens (tertiary/aromatic N) is 1. The summed E-state index contributed by atoms with van der Waals surface area (Å²) in [6.07, 6.45) is 3.26. The summed E-state index contributed by atoms with van der Waals surface area (Å²) in [5.74, 6) is 1.40. The molecule has 3 nitrogen and oxygen atoms in total. The molecule has 4 heteroatoms. The van der Waals surface area contributed by atoms with Crippen molar-refractivity contribution in [1.29, 1.82) is 0 Å². The zero-order valence-corrected chi connectivity index (χ0v) is 11.9. The number of amides is 1. The van der Waals surface area contributed by atoms with E-state index in [2.05, 4.69) is 42.2 Å². The Hall–Kier alpha value is -1.00. The van der Waals surface area contributed by atoms with Crippen LogP contribution < -0.4 is 10.2 Å². The van der Waals surface area contributed by atoms with Crippen molar-refractivity contribution < 1.29 is 4.79 Å². The highest BCUT2D eigenvalue weighted by Crippen LogP contribution is 2.26. The van der Waals surface area contributed by atoms with Crippen LogP contribution in [0, 0.1) is 5.92 Å². The molecule has 1 heterocycles. The topological polar surface area (TPSA) is 32.3 Å². The Bertz CT molecular complexity index is 456. The minimum Gasteiger partial charge on any atom is -0.312 e. The van der Waals surface area contributed by atoms with Crippen LogP contribution in [-0.4, -0.2) is 24.2 Å². The van der Waals surface area contributed by atoms with E-state index >= 15 is 0 Å². The Kier molecular flexibility index (Phi) is 3.80. The van der Waals surface area contributed by atoms with Crippen molar-refractivity contribution in [3.05, 3.63) is 29.8 Å². The lowest BCUT2D eigenvalue weighted by Crippen LogP contribution is -2.24. The lowest BCUT2D eigenvalue weighted by molar-refractivity contribution is -0.117. The van der Waals surface area contributed by atoms with Crippen molar-refractivity contribution in [3.63, 3.8) is 0 Å². The standard InChI is InChI=1S/C15H20N2OS/c18-15-7-12(10-19)9-17(15)14-5-1-11(2-6-14)8-16-13-3-4-13/h1-2,5-6,12-13,16,19H,3-4,7-10H2. The highest BCUT2D eigenvalue weighted by atomic mass is 32.1. The third-order valence-corrected chi connectivity index (χ3v) is 4.40. The summed E-state index contributed by atoms with van der Waals surface area (Å²) < 4.78 is 0. The zero-order chi connectivity index (χ0) is 13.2. The fraction of sp³-hybridized carbons (Fsp3) is 0.533. The predicted octanol–water partition coefficient (Wildman–Crippen LogP) is 2.22. The number of benzene rings is 1. The summed E-state index contributed by atoms with van der Waals surface area (Å²) in [5, 5.41) is 3.50. The van der Waals surface area contributed by atoms with E-state index in [9.17, 15) is 4.79 Å². The first-order valence-corrected chi connectivity index (χ1v) is 7.63. The fourth-order valence-electron chi connectivity index (χ4n) is 2.50. The number of thiol groups is 1. The Labute approximate surface area is 119 Å². The highest BCUT2D eigenvalue weighted by Gasteiger charge is 2.29. The van der Waals surface area contributed by atoms with Crippen LogP contribution in [0.5, 0.6) is 0 Å². The molecular formula is C15H20N2OS. The van der Waals surface area contributed by atoms with E-state index in [0.717, 1.165) is 30.6 Å². The number of anilines is 1. The van der Waals surface area contributed by atoms with E-state index in [-0.39, 0.29) is 5.91 Å². The molecule has 1 aliphatic carbocycles. The Balaban J connectivity index is 1.63. The first-order chi connectivity index (χ1) is 9.26. The van der Waals surface area contributed by atoms with Gasteiger partial charge in [0.15, 0.2) is 0 Å². The molecule has 1 saturated carbocycles. The van der Waals surface area contributed by atoms with Crippen LogP contribution in [0.25, 0.3) is 0 Å². The molecule has 102 valence electrons. The monoisotopic (exact) mass is 276 g/mol. The van der Waals surface area contributed by atoms with Gasteiger partial charge in [-0.2, -0.15) is 12.6 Å². The van der Waals surface area contributed by atoms with Crippen molar-refractivity contribution in [2.75, 3.05) is 17.2 Å². The summed E-state index contributed by atoms with van der Waals surface area (Å²) in [4.78, 5) is 13.8. The Morgan fingerprint density at radius 1 is 1.26 bits per heavy atom. The number of carbonyl (C=O) groups is 1. The van der Waals surface area contributed by atoms with Gasteiger partial charge < -0.3 is 10.2 Å². The van der Waals surface area contributed by atoms with Gasteiger partial charge in [-0.15, -0.1) is 0 Å². The van der Waals surface area contributed by atoms with Crippen LogP contribution >= 0.6 is 12.6 Å². The van der Waals surface area contributed by atoms with Crippen molar-refractivity contribution >= 4 is 24.2 Å². The van der Waals surface area contributed by atoms with Gasteiger partial charge in [-0.25, -0.2) is 0 Å². The van der Waals surface area contributed by atoms with Gasteiger partial charge >= 0.3 is 0 Å². The second kappa shape index (κ2) is 5.55. The van der Waals surface area contributed by atoms with Gasteiger partial charge in [0.25, 0.3) is 0 Å². The SMILES string of the molecule is O=C1CC(CS)CN1c1ccc(CNC2CC2)cc1. The maximum Gasteiger partial charge on any atom is 0.227 e. The van der Waals surface area contributed by atoms with Crippen LogP contribution in [0.4, 0.5) is 5.69 Å². The van der Waals surface area contributed by atoms with E-state index in [1.165, 1.54) is 18.4 Å². The molecular weight excluding hydrogens is 256 g/mol. The van der Waals surface area contributed by atoms with Gasteiger partial charge in [-0.3, -0.25) is 4.79 Å². The quantitative estimate of drug-likeness (QED) is 0.808. The third kappa shape index (κ3) is 3.12. The second-order valence-electron chi connectivity index (χ2n) is 5.58. The molecule has 1 amide bonds. The lowest BCUT2D eigenvalue weighted by atomic mass is 10.1. The van der Waals surface area contributed by atoms with Gasteiger partial charge in [0, 0.05) is 31.2 Å². The second-order valence-corrected chi connectivity index (χ2v) is 5.94. The average Bonchev–Trinajstić information content (AvgIpc) is 3.19. The Morgan fingerprint density at radius 2 is 2.00 bits per heavy atom. The van der Waals surface area contributed by atoms with E-state index in [1.807, 2.05) is 4.90 Å². The highest BCUT2D eigenvalue weighted by molar-refractivity contribution is 7.80. The van der Waals surface area contributed by atoms with E-state index < -0.39 is 0 Å². The first kappa shape index (κ1) is 13.0. The van der Waals surface area contributed by atoms with E-state index in [1.54, 1.807) is 0 Å². The summed E-state index contributed by atoms with van der Waals surface area (Å²) in [5.41, 5.74) is 2.30. The molecule has 2 aliphatic rings. The number of hydrogen-bond acceptors (Lipinski definition) is 3. The van der Waals surface area contributed by atoms with Crippen LogP contribution in [-0.2, 0) is 11.3 Å². The lowest BCUT2D eigenvalue weighted by Gasteiger charge is -2.17. The average molecular weight is 276 g/mol. The fourth-order valence-corrected chi connectivity index (χ4v) is 2.74. The first-order valence-electron chi connectivity index (χ1n) is 7.00. The molecule has 2 fully saturated rings. The smallest absolute Gasteiger partial charge is 0.227 e. The zero-order valence-electron chi connectivity index (χ0n) is 11.0. The summed E-state index contributed by atoms with van der Waals surface area (Å²) >= 11 is 4.29. The number of carbonyl (C=O) groups excluding carboxylic acids is 1. The molecule has 0 radical (unpaired) electrons. The van der Waals surface area contributed by atoms with Gasteiger partial charge in [0.05, 0.1) is 0 Å². The molecule has 1 unspecified atom stereocenters. The van der Waals surface area contributed by atoms with E-state index in [4.69, 9.17) is 0 Å². The van der Waals surface area contributed by atoms with Crippen molar-refractivity contribution in [2.45, 2.75) is 31.8 Å². The third-order valence-electron chi connectivity index (χ3n) is 3.88. The minimum absolute atomic E-state index is 0.225. The maximum absolute atomic E-state index is 11.9. The summed E-state index contributed by atoms with van der Waals surface area (Å²) in [6, 6.07) is 9.08. The summed E-state index contributed by atoms with van der Waals surface area (Å²) in [7, 11) is 0. The molecule has 0 bridgehead atoms. The van der Waals surface area contributed by atoms with Crippen LogP contribution in [0.2, 0.25) is 0 Å². The molecule has 1 aromatic carbocycles. The van der Waals surface area contributed by atoms with Crippen LogP contribution in [0.3, 0.4) is 0 Å². The van der Waals surface area contributed by atoms with Crippen LogP contribution in [0.1, 0.15) is 24.8 Å². The molecule has 1 N–H and O–H groups in total. The molecule has 1 aliphatic heterocycles. The largest absolute Gasteiger partial charge is 0.312 e. The Morgan fingerprint density at radius 3 is 2.58 bits per heavy atom. The minimum atomic E-state index is 0.225. The predicted molar refractivity (Wildman–Crippen MR) is 80.6 cm³/mol. The molecule has 3 rings (SSSR count).